The standard InChI is InChI=1S/C17H32OSi/c1-15(18-19(5,6)17(2,3)4)11-10-14-16-12-8-7-9-13-16/h8,10,12,14-16H,7,9,11,13H2,1-6H3/b14-10+/t15-,16?/m1/s1. The zero-order valence-electron chi connectivity index (χ0n) is 13.7. The molecule has 19 heavy (non-hydrogen) atoms. The summed E-state index contributed by atoms with van der Waals surface area (Å²) in [7, 11) is -1.61. The first-order valence-corrected chi connectivity index (χ1v) is 10.6. The second-order valence-corrected chi connectivity index (χ2v) is 12.1. The van der Waals surface area contributed by atoms with E-state index in [0.717, 1.165) is 6.42 Å². The lowest BCUT2D eigenvalue weighted by atomic mass is 9.95. The quantitative estimate of drug-likeness (QED) is 0.463. The lowest BCUT2D eigenvalue weighted by molar-refractivity contribution is 0.202. The SMILES string of the molecule is C[C@H](C/C=C/C1C=CCCC1)O[Si](C)(C)C(C)(C)C. The fourth-order valence-corrected chi connectivity index (χ4v) is 3.63. The molecule has 0 aromatic carbocycles. The third-order valence-corrected chi connectivity index (χ3v) is 9.05. The maximum atomic E-state index is 6.36. The summed E-state index contributed by atoms with van der Waals surface area (Å²) >= 11 is 0. The lowest BCUT2D eigenvalue weighted by Gasteiger charge is -2.38. The first-order valence-electron chi connectivity index (χ1n) is 7.73. The predicted octanol–water partition coefficient (Wildman–Crippen LogP) is 5.70. The minimum Gasteiger partial charge on any atom is -0.414 e. The lowest BCUT2D eigenvalue weighted by Crippen LogP contribution is -2.43. The van der Waals surface area contributed by atoms with Crippen molar-refractivity contribution < 1.29 is 4.43 Å². The summed E-state index contributed by atoms with van der Waals surface area (Å²) in [6.07, 6.45) is 14.6. The van der Waals surface area contributed by atoms with Gasteiger partial charge in [0.25, 0.3) is 0 Å². The van der Waals surface area contributed by atoms with E-state index in [1.807, 2.05) is 0 Å². The summed E-state index contributed by atoms with van der Waals surface area (Å²) in [6.45, 7) is 13.8. The highest BCUT2D eigenvalue weighted by atomic mass is 28.4. The van der Waals surface area contributed by atoms with E-state index in [4.69, 9.17) is 4.43 Å². The fraction of sp³-hybridized carbons (Fsp3) is 0.765. The van der Waals surface area contributed by atoms with Crippen molar-refractivity contribution in [1.82, 2.24) is 0 Å². The second-order valence-electron chi connectivity index (χ2n) is 7.38. The summed E-state index contributed by atoms with van der Waals surface area (Å²) in [4.78, 5) is 0. The molecule has 2 heteroatoms. The molecule has 0 aliphatic heterocycles. The molecule has 1 nitrogen and oxygen atoms in total. The summed E-state index contributed by atoms with van der Waals surface area (Å²) in [5.74, 6) is 0.661. The average molecular weight is 281 g/mol. The van der Waals surface area contributed by atoms with Crippen molar-refractivity contribution in [3.8, 4) is 0 Å². The van der Waals surface area contributed by atoms with Gasteiger partial charge in [-0.1, -0.05) is 45.1 Å². The van der Waals surface area contributed by atoms with Gasteiger partial charge in [-0.25, -0.2) is 0 Å². The van der Waals surface area contributed by atoms with Gasteiger partial charge in [0.1, 0.15) is 0 Å². The molecular weight excluding hydrogens is 248 g/mol. The van der Waals surface area contributed by atoms with Gasteiger partial charge in [0.15, 0.2) is 8.32 Å². The smallest absolute Gasteiger partial charge is 0.192 e. The van der Waals surface area contributed by atoms with Crippen LogP contribution >= 0.6 is 0 Å². The molecular formula is C17H32OSi. The molecule has 0 radical (unpaired) electrons. The van der Waals surface area contributed by atoms with Crippen LogP contribution < -0.4 is 0 Å². The van der Waals surface area contributed by atoms with E-state index >= 15 is 0 Å². The van der Waals surface area contributed by atoms with Gasteiger partial charge in [0.05, 0.1) is 0 Å². The van der Waals surface area contributed by atoms with E-state index < -0.39 is 8.32 Å². The van der Waals surface area contributed by atoms with Crippen LogP contribution in [0.4, 0.5) is 0 Å². The van der Waals surface area contributed by atoms with Gasteiger partial charge in [-0.2, -0.15) is 0 Å². The van der Waals surface area contributed by atoms with Gasteiger partial charge in [0.2, 0.25) is 0 Å². The molecule has 0 heterocycles. The number of hydrogen-bond donors (Lipinski definition) is 0. The Morgan fingerprint density at radius 1 is 1.37 bits per heavy atom. The molecule has 0 fully saturated rings. The zero-order valence-corrected chi connectivity index (χ0v) is 14.7. The molecule has 1 unspecified atom stereocenters. The van der Waals surface area contributed by atoms with Crippen LogP contribution in [-0.4, -0.2) is 14.4 Å². The first kappa shape index (κ1) is 16.7. The van der Waals surface area contributed by atoms with Gasteiger partial charge in [0, 0.05) is 6.10 Å². The van der Waals surface area contributed by atoms with Gasteiger partial charge >= 0.3 is 0 Å². The molecule has 0 aromatic heterocycles. The highest BCUT2D eigenvalue weighted by Gasteiger charge is 2.38. The third kappa shape index (κ3) is 5.66. The number of rotatable bonds is 5. The molecule has 0 saturated heterocycles. The van der Waals surface area contributed by atoms with Gasteiger partial charge in [-0.05, 0) is 56.7 Å². The van der Waals surface area contributed by atoms with Crippen LogP contribution in [0.2, 0.25) is 18.1 Å². The Hall–Kier alpha value is -0.343. The molecule has 1 aliphatic rings. The molecule has 2 atom stereocenters. The van der Waals surface area contributed by atoms with Crippen LogP contribution in [0.15, 0.2) is 24.3 Å². The van der Waals surface area contributed by atoms with Crippen molar-refractivity contribution in [1.29, 1.82) is 0 Å². The molecule has 0 spiro atoms. The Balaban J connectivity index is 2.39. The Bertz CT molecular complexity index is 323. The highest BCUT2D eigenvalue weighted by Crippen LogP contribution is 2.37. The topological polar surface area (TPSA) is 9.23 Å². The van der Waals surface area contributed by atoms with Gasteiger partial charge in [-0.3, -0.25) is 0 Å². The first-order chi connectivity index (χ1) is 8.72. The normalized spacial score (nSPS) is 22.9. The van der Waals surface area contributed by atoms with Crippen LogP contribution in [0.5, 0.6) is 0 Å². The summed E-state index contributed by atoms with van der Waals surface area (Å²) in [5, 5.41) is 0.303. The van der Waals surface area contributed by atoms with Crippen LogP contribution in [0.25, 0.3) is 0 Å². The molecule has 0 aromatic rings. The van der Waals surface area contributed by atoms with Crippen LogP contribution in [-0.2, 0) is 4.43 Å². The molecule has 0 N–H and O–H groups in total. The van der Waals surface area contributed by atoms with E-state index in [1.165, 1.54) is 19.3 Å². The van der Waals surface area contributed by atoms with Crippen LogP contribution in [0.1, 0.15) is 53.4 Å². The van der Waals surface area contributed by atoms with Gasteiger partial charge in [-0.15, -0.1) is 0 Å². The average Bonchev–Trinajstić information content (AvgIpc) is 2.28. The maximum absolute atomic E-state index is 6.36. The fourth-order valence-electron chi connectivity index (χ4n) is 2.17. The minimum absolute atomic E-state index is 0.303. The molecule has 0 bridgehead atoms. The highest BCUT2D eigenvalue weighted by molar-refractivity contribution is 6.74. The van der Waals surface area contributed by atoms with Gasteiger partial charge < -0.3 is 4.43 Å². The summed E-state index contributed by atoms with van der Waals surface area (Å²) in [5.41, 5.74) is 0. The minimum atomic E-state index is -1.61. The van der Waals surface area contributed by atoms with Crippen molar-refractivity contribution in [3.63, 3.8) is 0 Å². The Morgan fingerprint density at radius 3 is 2.58 bits per heavy atom. The molecule has 1 rings (SSSR count). The van der Waals surface area contributed by atoms with Crippen molar-refractivity contribution in [2.45, 2.75) is 77.6 Å². The van der Waals surface area contributed by atoms with E-state index in [1.54, 1.807) is 0 Å². The summed E-state index contributed by atoms with van der Waals surface area (Å²) in [6, 6.07) is 0. The molecule has 0 saturated carbocycles. The number of allylic oxidation sites excluding steroid dienone is 3. The monoisotopic (exact) mass is 280 g/mol. The Labute approximate surface area is 121 Å². The number of hydrogen-bond acceptors (Lipinski definition) is 1. The third-order valence-electron chi connectivity index (χ3n) is 4.44. The largest absolute Gasteiger partial charge is 0.414 e. The van der Waals surface area contributed by atoms with E-state index in [2.05, 4.69) is 65.1 Å². The zero-order chi connectivity index (χ0) is 14.5. The Morgan fingerprint density at radius 2 is 2.05 bits per heavy atom. The van der Waals surface area contributed by atoms with Crippen molar-refractivity contribution in [3.05, 3.63) is 24.3 Å². The maximum Gasteiger partial charge on any atom is 0.192 e. The molecule has 0 amide bonds. The van der Waals surface area contributed by atoms with Crippen molar-refractivity contribution in [2.24, 2.45) is 5.92 Å². The van der Waals surface area contributed by atoms with E-state index in [0.29, 0.717) is 17.1 Å². The van der Waals surface area contributed by atoms with E-state index in [-0.39, 0.29) is 0 Å². The Kier molecular flexibility index (Phi) is 6.06. The van der Waals surface area contributed by atoms with Crippen LogP contribution in [0, 0.1) is 5.92 Å². The van der Waals surface area contributed by atoms with E-state index in [9.17, 15) is 0 Å². The van der Waals surface area contributed by atoms with Crippen molar-refractivity contribution in [2.75, 3.05) is 0 Å². The predicted molar refractivity (Wildman–Crippen MR) is 88.0 cm³/mol. The van der Waals surface area contributed by atoms with Crippen LogP contribution in [0.3, 0.4) is 0 Å². The summed E-state index contributed by atoms with van der Waals surface area (Å²) < 4.78 is 6.36. The molecule has 110 valence electrons. The molecule has 1 aliphatic carbocycles. The van der Waals surface area contributed by atoms with Crippen molar-refractivity contribution >= 4 is 8.32 Å². The second kappa shape index (κ2) is 6.89.